The van der Waals surface area contributed by atoms with E-state index in [2.05, 4.69) is 5.32 Å². The van der Waals surface area contributed by atoms with Crippen LogP contribution in [0.5, 0.6) is 0 Å². The first-order valence-electron chi connectivity index (χ1n) is 5.27. The van der Waals surface area contributed by atoms with Crippen molar-refractivity contribution < 1.29 is 19.1 Å². The molecule has 1 amide bonds. The fourth-order valence-corrected chi connectivity index (χ4v) is 1.64. The number of hydrogen-bond donors (Lipinski definition) is 2. The van der Waals surface area contributed by atoms with Crippen molar-refractivity contribution in [3.05, 3.63) is 29.6 Å². The fourth-order valence-electron chi connectivity index (χ4n) is 1.64. The Kier molecular flexibility index (Phi) is 2.61. The van der Waals surface area contributed by atoms with E-state index in [1.54, 1.807) is 6.92 Å². The normalized spacial score (nSPS) is 16.4. The van der Waals surface area contributed by atoms with Crippen LogP contribution >= 0.6 is 0 Å². The molecule has 17 heavy (non-hydrogen) atoms. The Bertz CT molecular complexity index is 495. The SMILES string of the molecule is Cc1cc(NC(=O)C2(C(=O)O)CC2)ccc1F. The van der Waals surface area contributed by atoms with Crippen LogP contribution in [-0.4, -0.2) is 17.0 Å². The Morgan fingerprint density at radius 3 is 2.53 bits per heavy atom. The van der Waals surface area contributed by atoms with Crippen LogP contribution in [0.25, 0.3) is 0 Å². The number of carboxylic acid groups (broad SMARTS) is 1. The van der Waals surface area contributed by atoms with Gasteiger partial charge in [0.25, 0.3) is 0 Å². The van der Waals surface area contributed by atoms with Crippen LogP contribution in [0.1, 0.15) is 18.4 Å². The van der Waals surface area contributed by atoms with Gasteiger partial charge in [-0.05, 0) is 43.5 Å². The molecule has 90 valence electrons. The fraction of sp³-hybridized carbons (Fsp3) is 0.333. The number of hydrogen-bond acceptors (Lipinski definition) is 2. The van der Waals surface area contributed by atoms with E-state index in [1.807, 2.05) is 0 Å². The Labute approximate surface area is 97.4 Å². The molecular weight excluding hydrogens is 225 g/mol. The van der Waals surface area contributed by atoms with E-state index in [4.69, 9.17) is 5.11 Å². The average Bonchev–Trinajstić information content (AvgIpc) is 3.04. The molecule has 1 aromatic rings. The summed E-state index contributed by atoms with van der Waals surface area (Å²) in [7, 11) is 0. The molecule has 2 N–H and O–H groups in total. The molecule has 1 aromatic carbocycles. The Hall–Kier alpha value is -1.91. The summed E-state index contributed by atoms with van der Waals surface area (Å²) in [5.41, 5.74) is -0.452. The van der Waals surface area contributed by atoms with Gasteiger partial charge in [-0.1, -0.05) is 0 Å². The minimum atomic E-state index is -1.28. The zero-order chi connectivity index (χ0) is 12.6. The molecular formula is C12H12FNO3. The number of anilines is 1. The molecule has 0 aromatic heterocycles. The van der Waals surface area contributed by atoms with Crippen LogP contribution in [-0.2, 0) is 9.59 Å². The van der Waals surface area contributed by atoms with Gasteiger partial charge in [0.05, 0.1) is 0 Å². The van der Waals surface area contributed by atoms with E-state index in [1.165, 1.54) is 18.2 Å². The standard InChI is InChI=1S/C12H12FNO3/c1-7-6-8(2-3-9(7)13)14-10(15)12(4-5-12)11(16)17/h2-3,6H,4-5H2,1H3,(H,14,15)(H,16,17). The monoisotopic (exact) mass is 237 g/mol. The highest BCUT2D eigenvalue weighted by Gasteiger charge is 2.57. The zero-order valence-electron chi connectivity index (χ0n) is 9.29. The number of benzene rings is 1. The number of carboxylic acids is 1. The summed E-state index contributed by atoms with van der Waals surface area (Å²) in [5.74, 6) is -1.99. The number of carbonyl (C=O) groups excluding carboxylic acids is 1. The van der Waals surface area contributed by atoms with Gasteiger partial charge < -0.3 is 10.4 Å². The molecule has 0 radical (unpaired) electrons. The summed E-state index contributed by atoms with van der Waals surface area (Å²) in [4.78, 5) is 22.7. The minimum absolute atomic E-state index is 0.355. The number of rotatable bonds is 3. The van der Waals surface area contributed by atoms with E-state index in [-0.39, 0.29) is 5.82 Å². The van der Waals surface area contributed by atoms with Crippen molar-refractivity contribution in [2.24, 2.45) is 5.41 Å². The van der Waals surface area contributed by atoms with E-state index in [0.717, 1.165) is 0 Å². The Morgan fingerprint density at radius 1 is 1.41 bits per heavy atom. The molecule has 0 heterocycles. The molecule has 0 atom stereocenters. The quantitative estimate of drug-likeness (QED) is 0.789. The number of nitrogens with one attached hydrogen (secondary N) is 1. The van der Waals surface area contributed by atoms with E-state index in [9.17, 15) is 14.0 Å². The van der Waals surface area contributed by atoms with Crippen molar-refractivity contribution in [1.29, 1.82) is 0 Å². The van der Waals surface area contributed by atoms with Crippen molar-refractivity contribution in [3.63, 3.8) is 0 Å². The molecule has 1 saturated carbocycles. The predicted octanol–water partition coefficient (Wildman–Crippen LogP) is 1.94. The topological polar surface area (TPSA) is 66.4 Å². The molecule has 0 spiro atoms. The zero-order valence-corrected chi connectivity index (χ0v) is 9.29. The van der Waals surface area contributed by atoms with Crippen molar-refractivity contribution >= 4 is 17.6 Å². The lowest BCUT2D eigenvalue weighted by molar-refractivity contribution is -0.147. The molecule has 0 unspecified atom stereocenters. The van der Waals surface area contributed by atoms with Crippen LogP contribution in [0.4, 0.5) is 10.1 Å². The van der Waals surface area contributed by atoms with E-state index < -0.39 is 17.3 Å². The highest BCUT2D eigenvalue weighted by Crippen LogP contribution is 2.46. The van der Waals surface area contributed by atoms with Gasteiger partial charge in [-0.25, -0.2) is 4.39 Å². The summed E-state index contributed by atoms with van der Waals surface area (Å²) in [6.45, 7) is 1.58. The van der Waals surface area contributed by atoms with Gasteiger partial charge in [-0.3, -0.25) is 9.59 Å². The Balaban J connectivity index is 2.14. The first kappa shape index (κ1) is 11.6. The smallest absolute Gasteiger partial charge is 0.319 e. The summed E-state index contributed by atoms with van der Waals surface area (Å²) in [6.07, 6.45) is 0.711. The van der Waals surface area contributed by atoms with Gasteiger partial charge in [0.1, 0.15) is 11.2 Å². The third kappa shape index (κ3) is 2.00. The molecule has 0 aliphatic heterocycles. The molecule has 1 aliphatic rings. The number of amides is 1. The van der Waals surface area contributed by atoms with Gasteiger partial charge in [-0.15, -0.1) is 0 Å². The van der Waals surface area contributed by atoms with Crippen LogP contribution in [0, 0.1) is 18.2 Å². The summed E-state index contributed by atoms with van der Waals surface area (Å²) >= 11 is 0. The van der Waals surface area contributed by atoms with Gasteiger partial charge in [0.15, 0.2) is 0 Å². The van der Waals surface area contributed by atoms with Crippen molar-refractivity contribution in [3.8, 4) is 0 Å². The van der Waals surface area contributed by atoms with Crippen LogP contribution < -0.4 is 5.32 Å². The molecule has 0 saturated heterocycles. The lowest BCUT2D eigenvalue weighted by Crippen LogP contribution is -2.31. The lowest BCUT2D eigenvalue weighted by Gasteiger charge is -2.11. The molecule has 2 rings (SSSR count). The van der Waals surface area contributed by atoms with Gasteiger partial charge in [0.2, 0.25) is 5.91 Å². The highest BCUT2D eigenvalue weighted by molar-refractivity contribution is 6.10. The van der Waals surface area contributed by atoms with Crippen LogP contribution in [0.15, 0.2) is 18.2 Å². The third-order valence-corrected chi connectivity index (χ3v) is 3.01. The molecule has 4 nitrogen and oxygen atoms in total. The maximum atomic E-state index is 13.0. The number of aliphatic carboxylic acids is 1. The molecule has 0 bridgehead atoms. The van der Waals surface area contributed by atoms with E-state index >= 15 is 0 Å². The number of aryl methyl sites for hydroxylation is 1. The maximum Gasteiger partial charge on any atom is 0.319 e. The van der Waals surface area contributed by atoms with E-state index in [0.29, 0.717) is 24.1 Å². The van der Waals surface area contributed by atoms with Crippen LogP contribution in [0.2, 0.25) is 0 Å². The average molecular weight is 237 g/mol. The number of halogens is 1. The van der Waals surface area contributed by atoms with Crippen molar-refractivity contribution in [1.82, 2.24) is 0 Å². The summed E-state index contributed by atoms with van der Waals surface area (Å²) in [5, 5.41) is 11.4. The molecule has 5 heteroatoms. The van der Waals surface area contributed by atoms with Gasteiger partial charge >= 0.3 is 5.97 Å². The second kappa shape index (κ2) is 3.84. The first-order valence-corrected chi connectivity index (χ1v) is 5.27. The third-order valence-electron chi connectivity index (χ3n) is 3.01. The van der Waals surface area contributed by atoms with Crippen molar-refractivity contribution in [2.45, 2.75) is 19.8 Å². The Morgan fingerprint density at radius 2 is 2.06 bits per heavy atom. The summed E-state index contributed by atoms with van der Waals surface area (Å²) < 4.78 is 13.0. The maximum absolute atomic E-state index is 13.0. The minimum Gasteiger partial charge on any atom is -0.480 e. The molecule has 1 fully saturated rings. The van der Waals surface area contributed by atoms with Gasteiger partial charge in [-0.2, -0.15) is 0 Å². The molecule has 1 aliphatic carbocycles. The summed E-state index contributed by atoms with van der Waals surface area (Å²) in [6, 6.07) is 4.13. The number of carbonyl (C=O) groups is 2. The van der Waals surface area contributed by atoms with Crippen LogP contribution in [0.3, 0.4) is 0 Å². The first-order chi connectivity index (χ1) is 7.95. The van der Waals surface area contributed by atoms with Gasteiger partial charge in [0, 0.05) is 5.69 Å². The second-order valence-corrected chi connectivity index (χ2v) is 4.31. The predicted molar refractivity (Wildman–Crippen MR) is 59.1 cm³/mol. The second-order valence-electron chi connectivity index (χ2n) is 4.31. The lowest BCUT2D eigenvalue weighted by atomic mass is 10.1. The highest BCUT2D eigenvalue weighted by atomic mass is 19.1. The largest absolute Gasteiger partial charge is 0.480 e. The van der Waals surface area contributed by atoms with Crippen molar-refractivity contribution in [2.75, 3.05) is 5.32 Å².